The monoisotopic (exact) mass is 211 g/mol. The molecule has 80 valence electrons. The van der Waals surface area contributed by atoms with Crippen LogP contribution in [0.2, 0.25) is 0 Å². The molecule has 16 heavy (non-hydrogen) atoms. The SMILES string of the molecule is O=c1ccn(CC2Cc3ccccc32)cc1. The summed E-state index contributed by atoms with van der Waals surface area (Å²) in [5, 5.41) is 0. The van der Waals surface area contributed by atoms with E-state index in [4.69, 9.17) is 0 Å². The van der Waals surface area contributed by atoms with Crippen LogP contribution in [0, 0.1) is 0 Å². The molecular weight excluding hydrogens is 198 g/mol. The van der Waals surface area contributed by atoms with Crippen LogP contribution in [0.5, 0.6) is 0 Å². The van der Waals surface area contributed by atoms with Crippen molar-refractivity contribution in [3.63, 3.8) is 0 Å². The summed E-state index contributed by atoms with van der Waals surface area (Å²) in [4.78, 5) is 11.0. The van der Waals surface area contributed by atoms with Crippen LogP contribution in [0.1, 0.15) is 17.0 Å². The standard InChI is InChI=1S/C14H13NO/c16-13-5-7-15(8-6-13)10-12-9-11-3-1-2-4-14(11)12/h1-8,12H,9-10H2. The van der Waals surface area contributed by atoms with E-state index in [1.807, 2.05) is 12.4 Å². The largest absolute Gasteiger partial charge is 0.353 e. The summed E-state index contributed by atoms with van der Waals surface area (Å²) in [6.45, 7) is 0.970. The Morgan fingerprint density at radius 1 is 1.12 bits per heavy atom. The van der Waals surface area contributed by atoms with Crippen LogP contribution in [0.25, 0.3) is 0 Å². The Labute approximate surface area is 94.2 Å². The number of benzene rings is 1. The Bertz CT molecular complexity index is 550. The molecule has 1 aromatic heterocycles. The van der Waals surface area contributed by atoms with Gasteiger partial charge in [0.05, 0.1) is 0 Å². The van der Waals surface area contributed by atoms with Gasteiger partial charge in [-0.05, 0) is 17.5 Å². The van der Waals surface area contributed by atoms with Crippen LogP contribution in [0.4, 0.5) is 0 Å². The lowest BCUT2D eigenvalue weighted by Gasteiger charge is -2.30. The lowest BCUT2D eigenvalue weighted by atomic mass is 9.77. The van der Waals surface area contributed by atoms with Crippen molar-refractivity contribution < 1.29 is 0 Å². The Morgan fingerprint density at radius 2 is 1.88 bits per heavy atom. The molecule has 0 radical (unpaired) electrons. The molecule has 2 nitrogen and oxygen atoms in total. The topological polar surface area (TPSA) is 22.0 Å². The third-order valence-corrected chi connectivity index (χ3v) is 3.25. The zero-order valence-corrected chi connectivity index (χ0v) is 8.97. The van der Waals surface area contributed by atoms with Crippen molar-refractivity contribution >= 4 is 0 Å². The van der Waals surface area contributed by atoms with Crippen LogP contribution in [0.3, 0.4) is 0 Å². The van der Waals surface area contributed by atoms with E-state index in [0.717, 1.165) is 13.0 Å². The first kappa shape index (κ1) is 9.40. The van der Waals surface area contributed by atoms with E-state index < -0.39 is 0 Å². The highest BCUT2D eigenvalue weighted by molar-refractivity contribution is 5.39. The second-order valence-electron chi connectivity index (χ2n) is 4.33. The second kappa shape index (κ2) is 3.63. The molecule has 3 rings (SSSR count). The average Bonchev–Trinajstić information content (AvgIpc) is 2.28. The van der Waals surface area contributed by atoms with Gasteiger partial charge in [0.1, 0.15) is 0 Å². The molecular formula is C14H13NO. The highest BCUT2D eigenvalue weighted by Crippen LogP contribution is 2.35. The molecule has 1 aliphatic rings. The van der Waals surface area contributed by atoms with Crippen molar-refractivity contribution in [2.75, 3.05) is 0 Å². The van der Waals surface area contributed by atoms with Gasteiger partial charge < -0.3 is 4.57 Å². The minimum Gasteiger partial charge on any atom is -0.353 e. The zero-order chi connectivity index (χ0) is 11.0. The minimum absolute atomic E-state index is 0.0743. The Kier molecular flexibility index (Phi) is 2.13. The first-order chi connectivity index (χ1) is 7.83. The molecule has 0 saturated carbocycles. The van der Waals surface area contributed by atoms with Gasteiger partial charge in [-0.15, -0.1) is 0 Å². The summed E-state index contributed by atoms with van der Waals surface area (Å²) in [5.74, 6) is 0.610. The van der Waals surface area contributed by atoms with Crippen molar-refractivity contribution in [2.45, 2.75) is 18.9 Å². The maximum Gasteiger partial charge on any atom is 0.181 e. The van der Waals surface area contributed by atoms with E-state index in [0.29, 0.717) is 5.92 Å². The smallest absolute Gasteiger partial charge is 0.181 e. The van der Waals surface area contributed by atoms with Gasteiger partial charge in [0, 0.05) is 37.0 Å². The van der Waals surface area contributed by atoms with Gasteiger partial charge in [0.2, 0.25) is 0 Å². The molecule has 1 unspecified atom stereocenters. The van der Waals surface area contributed by atoms with Gasteiger partial charge in [0.25, 0.3) is 0 Å². The van der Waals surface area contributed by atoms with E-state index in [-0.39, 0.29) is 5.43 Å². The van der Waals surface area contributed by atoms with Crippen LogP contribution >= 0.6 is 0 Å². The Hall–Kier alpha value is -1.83. The number of fused-ring (bicyclic) bond motifs is 1. The average molecular weight is 211 g/mol. The van der Waals surface area contributed by atoms with E-state index >= 15 is 0 Å². The van der Waals surface area contributed by atoms with E-state index in [1.54, 1.807) is 12.1 Å². The number of aromatic nitrogens is 1. The molecule has 1 heterocycles. The molecule has 0 amide bonds. The summed E-state index contributed by atoms with van der Waals surface area (Å²) in [6.07, 6.45) is 4.88. The fourth-order valence-electron chi connectivity index (χ4n) is 2.35. The quantitative estimate of drug-likeness (QED) is 0.746. The lowest BCUT2D eigenvalue weighted by molar-refractivity contribution is 0.507. The van der Waals surface area contributed by atoms with Gasteiger partial charge in [-0.3, -0.25) is 4.79 Å². The summed E-state index contributed by atoms with van der Waals surface area (Å²) >= 11 is 0. The van der Waals surface area contributed by atoms with Crippen LogP contribution in [0.15, 0.2) is 53.6 Å². The maximum absolute atomic E-state index is 11.0. The van der Waals surface area contributed by atoms with Crippen LogP contribution in [-0.2, 0) is 13.0 Å². The van der Waals surface area contributed by atoms with Crippen molar-refractivity contribution in [3.05, 3.63) is 70.1 Å². The molecule has 0 bridgehead atoms. The van der Waals surface area contributed by atoms with Crippen molar-refractivity contribution in [2.24, 2.45) is 0 Å². The molecule has 1 aromatic carbocycles. The minimum atomic E-state index is 0.0743. The number of rotatable bonds is 2. The molecule has 0 fully saturated rings. The molecule has 1 aliphatic carbocycles. The number of hydrogen-bond donors (Lipinski definition) is 0. The zero-order valence-electron chi connectivity index (χ0n) is 8.97. The predicted molar refractivity (Wildman–Crippen MR) is 63.6 cm³/mol. The molecule has 2 heteroatoms. The van der Waals surface area contributed by atoms with Crippen LogP contribution < -0.4 is 5.43 Å². The highest BCUT2D eigenvalue weighted by Gasteiger charge is 2.24. The second-order valence-corrected chi connectivity index (χ2v) is 4.33. The molecule has 0 saturated heterocycles. The molecule has 1 atom stereocenters. The molecule has 0 spiro atoms. The summed E-state index contributed by atoms with van der Waals surface area (Å²) in [7, 11) is 0. The van der Waals surface area contributed by atoms with Gasteiger partial charge >= 0.3 is 0 Å². The fourth-order valence-corrected chi connectivity index (χ4v) is 2.35. The third-order valence-electron chi connectivity index (χ3n) is 3.25. The Morgan fingerprint density at radius 3 is 2.62 bits per heavy atom. The highest BCUT2D eigenvalue weighted by atomic mass is 16.1. The fraction of sp³-hybridized carbons (Fsp3) is 0.214. The van der Waals surface area contributed by atoms with E-state index in [1.165, 1.54) is 11.1 Å². The van der Waals surface area contributed by atoms with Gasteiger partial charge in [-0.25, -0.2) is 0 Å². The van der Waals surface area contributed by atoms with E-state index in [9.17, 15) is 4.79 Å². The molecule has 2 aromatic rings. The summed E-state index contributed by atoms with van der Waals surface area (Å²) in [6, 6.07) is 11.8. The molecule has 0 aliphatic heterocycles. The number of pyridine rings is 1. The van der Waals surface area contributed by atoms with Gasteiger partial charge in [0.15, 0.2) is 5.43 Å². The van der Waals surface area contributed by atoms with Crippen molar-refractivity contribution in [1.29, 1.82) is 0 Å². The first-order valence-corrected chi connectivity index (χ1v) is 5.57. The number of hydrogen-bond acceptors (Lipinski definition) is 1. The molecule has 0 N–H and O–H groups in total. The first-order valence-electron chi connectivity index (χ1n) is 5.57. The lowest BCUT2D eigenvalue weighted by Crippen LogP contribution is -2.22. The normalized spacial score (nSPS) is 17.6. The van der Waals surface area contributed by atoms with Gasteiger partial charge in [-0.1, -0.05) is 24.3 Å². The maximum atomic E-state index is 11.0. The van der Waals surface area contributed by atoms with E-state index in [2.05, 4.69) is 28.8 Å². The predicted octanol–water partition coefficient (Wildman–Crippen LogP) is 2.19. The van der Waals surface area contributed by atoms with Crippen molar-refractivity contribution in [3.8, 4) is 0 Å². The van der Waals surface area contributed by atoms with Gasteiger partial charge in [-0.2, -0.15) is 0 Å². The van der Waals surface area contributed by atoms with Crippen molar-refractivity contribution in [1.82, 2.24) is 4.57 Å². The number of nitrogens with zero attached hydrogens (tertiary/aromatic N) is 1. The summed E-state index contributed by atoms with van der Waals surface area (Å²) < 4.78 is 2.09. The summed E-state index contributed by atoms with van der Waals surface area (Å²) in [5.41, 5.74) is 3.00. The third kappa shape index (κ3) is 1.56. The Balaban J connectivity index is 1.79. The van der Waals surface area contributed by atoms with Crippen LogP contribution in [-0.4, -0.2) is 4.57 Å².